The summed E-state index contributed by atoms with van der Waals surface area (Å²) in [6, 6.07) is 12.4. The summed E-state index contributed by atoms with van der Waals surface area (Å²) < 4.78 is 7.99. The molecule has 0 spiro atoms. The predicted molar refractivity (Wildman–Crippen MR) is 134 cm³/mol. The van der Waals surface area contributed by atoms with Crippen molar-refractivity contribution in [1.29, 1.82) is 0 Å². The van der Waals surface area contributed by atoms with Gasteiger partial charge in [-0.3, -0.25) is 9.36 Å². The lowest BCUT2D eigenvalue weighted by Crippen LogP contribution is -2.24. The van der Waals surface area contributed by atoms with Gasteiger partial charge in [0.25, 0.3) is 0 Å². The quantitative estimate of drug-likeness (QED) is 0.344. The van der Waals surface area contributed by atoms with E-state index in [0.29, 0.717) is 12.3 Å². The Morgan fingerprint density at radius 1 is 1.27 bits per heavy atom. The van der Waals surface area contributed by atoms with E-state index in [0.717, 1.165) is 46.7 Å². The fraction of sp³-hybridized carbons (Fsp3) is 0.400. The van der Waals surface area contributed by atoms with E-state index in [9.17, 15) is 4.79 Å². The van der Waals surface area contributed by atoms with Gasteiger partial charge in [0.15, 0.2) is 16.8 Å². The summed E-state index contributed by atoms with van der Waals surface area (Å²) in [7, 11) is 2.03. The highest BCUT2D eigenvalue weighted by atomic mass is 32.2. The highest BCUT2D eigenvalue weighted by molar-refractivity contribution is 7.99. The van der Waals surface area contributed by atoms with Crippen molar-refractivity contribution in [3.63, 3.8) is 0 Å². The number of rotatable bonds is 7. The first-order valence-corrected chi connectivity index (χ1v) is 13.1. The summed E-state index contributed by atoms with van der Waals surface area (Å²) in [6.45, 7) is 5.87. The number of anilines is 1. The van der Waals surface area contributed by atoms with Crippen LogP contribution < -0.4 is 4.90 Å². The van der Waals surface area contributed by atoms with Crippen molar-refractivity contribution < 1.29 is 9.53 Å². The molecule has 0 radical (unpaired) electrons. The Labute approximate surface area is 202 Å². The van der Waals surface area contributed by atoms with Crippen LogP contribution in [0.3, 0.4) is 0 Å². The van der Waals surface area contributed by atoms with Crippen molar-refractivity contribution in [2.24, 2.45) is 0 Å². The van der Waals surface area contributed by atoms with Crippen LogP contribution in [-0.2, 0) is 21.5 Å². The number of thiophene rings is 1. The average Bonchev–Trinajstić information content (AvgIpc) is 3.60. The highest BCUT2D eigenvalue weighted by Crippen LogP contribution is 2.46. The van der Waals surface area contributed by atoms with Gasteiger partial charge in [-0.1, -0.05) is 49.9 Å². The van der Waals surface area contributed by atoms with Gasteiger partial charge in [0.2, 0.25) is 0 Å². The predicted octanol–water partition coefficient (Wildman–Crippen LogP) is 5.16. The summed E-state index contributed by atoms with van der Waals surface area (Å²) in [6.07, 6.45) is 4.09. The Bertz CT molecular complexity index is 1180. The Kier molecular flexibility index (Phi) is 6.16. The standard InChI is InChI=1S/C25H28N4O2S2/c1-25(2)19-9-4-5-10-20(19)28(3)22(25)14-17(30)16-33-24-27-26-23(21-11-7-13-32-21)29(24)15-18-8-6-12-31-18/h4-5,7,9-11,13-14,18H,6,8,12,15-16H2,1-3H3/b22-14-. The molecule has 1 atom stereocenters. The van der Waals surface area contributed by atoms with E-state index in [2.05, 4.69) is 57.8 Å². The molecular formula is C25H28N4O2S2. The smallest absolute Gasteiger partial charge is 0.192 e. The molecular weight excluding hydrogens is 452 g/mol. The zero-order valence-corrected chi connectivity index (χ0v) is 20.8. The maximum absolute atomic E-state index is 13.0. The number of nitrogens with zero attached hydrogens (tertiary/aromatic N) is 4. The summed E-state index contributed by atoms with van der Waals surface area (Å²) >= 11 is 3.10. The number of carbonyl (C=O) groups excluding carboxylic acids is 1. The minimum absolute atomic E-state index is 0.0760. The zero-order chi connectivity index (χ0) is 23.0. The second-order valence-corrected chi connectivity index (χ2v) is 10.9. The topological polar surface area (TPSA) is 60.2 Å². The van der Waals surface area contributed by atoms with Crippen LogP contribution in [0.1, 0.15) is 32.3 Å². The third-order valence-electron chi connectivity index (χ3n) is 6.45. The molecule has 172 valence electrons. The first-order chi connectivity index (χ1) is 15.9. The van der Waals surface area contributed by atoms with Gasteiger partial charge < -0.3 is 9.64 Å². The van der Waals surface area contributed by atoms with Crippen LogP contribution in [0.4, 0.5) is 5.69 Å². The van der Waals surface area contributed by atoms with E-state index in [-0.39, 0.29) is 17.3 Å². The molecule has 2 aliphatic rings. The molecule has 1 aromatic carbocycles. The monoisotopic (exact) mass is 480 g/mol. The van der Waals surface area contributed by atoms with E-state index < -0.39 is 0 Å². The third-order valence-corrected chi connectivity index (χ3v) is 8.31. The van der Waals surface area contributed by atoms with Crippen LogP contribution in [-0.4, -0.2) is 46.1 Å². The van der Waals surface area contributed by atoms with Crippen molar-refractivity contribution >= 4 is 34.6 Å². The number of fused-ring (bicyclic) bond motifs is 1. The number of benzene rings is 1. The Morgan fingerprint density at radius 2 is 2.12 bits per heavy atom. The minimum atomic E-state index is -0.210. The van der Waals surface area contributed by atoms with Crippen molar-refractivity contribution in [1.82, 2.24) is 14.8 Å². The van der Waals surface area contributed by atoms with Gasteiger partial charge in [-0.2, -0.15) is 0 Å². The molecule has 0 N–H and O–H groups in total. The van der Waals surface area contributed by atoms with Crippen molar-refractivity contribution in [2.75, 3.05) is 24.3 Å². The maximum Gasteiger partial charge on any atom is 0.192 e. The number of allylic oxidation sites excluding steroid dienone is 2. The van der Waals surface area contributed by atoms with Crippen LogP contribution in [0.5, 0.6) is 0 Å². The lowest BCUT2D eigenvalue weighted by Gasteiger charge is -2.23. The van der Waals surface area contributed by atoms with Crippen molar-refractivity contribution in [3.05, 3.63) is 59.1 Å². The van der Waals surface area contributed by atoms with Gasteiger partial charge in [-0.25, -0.2) is 0 Å². The van der Waals surface area contributed by atoms with Gasteiger partial charge in [-0.05, 0) is 35.9 Å². The number of hydrogen-bond donors (Lipinski definition) is 0. The number of carbonyl (C=O) groups is 1. The summed E-state index contributed by atoms with van der Waals surface area (Å²) in [4.78, 5) is 16.3. The molecule has 0 amide bonds. The molecule has 1 fully saturated rings. The Balaban J connectivity index is 1.35. The first kappa shape index (κ1) is 22.4. The molecule has 1 unspecified atom stereocenters. The molecule has 1 saturated heterocycles. The second-order valence-electron chi connectivity index (χ2n) is 9.01. The number of hydrogen-bond acceptors (Lipinski definition) is 7. The molecule has 3 aromatic rings. The Hall–Kier alpha value is -2.42. The highest BCUT2D eigenvalue weighted by Gasteiger charge is 2.38. The second kappa shape index (κ2) is 9.08. The molecule has 8 heteroatoms. The van der Waals surface area contributed by atoms with E-state index in [1.807, 2.05) is 24.6 Å². The van der Waals surface area contributed by atoms with Crippen LogP contribution >= 0.6 is 23.1 Å². The van der Waals surface area contributed by atoms with E-state index in [4.69, 9.17) is 4.74 Å². The number of aromatic nitrogens is 3. The number of ketones is 1. The summed E-state index contributed by atoms with van der Waals surface area (Å²) in [5.41, 5.74) is 3.22. The molecule has 2 aliphatic heterocycles. The lowest BCUT2D eigenvalue weighted by atomic mass is 9.83. The van der Waals surface area contributed by atoms with Crippen LogP contribution in [0.15, 0.2) is 58.7 Å². The minimum Gasteiger partial charge on any atom is -0.376 e. The summed E-state index contributed by atoms with van der Waals surface area (Å²) in [5, 5.41) is 11.7. The van der Waals surface area contributed by atoms with E-state index in [1.54, 1.807) is 17.4 Å². The molecule has 33 heavy (non-hydrogen) atoms. The van der Waals surface area contributed by atoms with Gasteiger partial charge in [0.05, 0.1) is 23.3 Å². The molecule has 0 aliphatic carbocycles. The van der Waals surface area contributed by atoms with Crippen LogP contribution in [0.25, 0.3) is 10.7 Å². The number of ether oxygens (including phenoxy) is 1. The number of likely N-dealkylation sites (N-methyl/N-ethyl adjacent to an activating group) is 1. The first-order valence-electron chi connectivity index (χ1n) is 11.2. The molecule has 2 aromatic heterocycles. The average molecular weight is 481 g/mol. The van der Waals surface area contributed by atoms with Gasteiger partial charge in [0.1, 0.15) is 0 Å². The normalized spacial score (nSPS) is 20.5. The third kappa shape index (κ3) is 4.27. The molecule has 0 saturated carbocycles. The van der Waals surface area contributed by atoms with Crippen molar-refractivity contribution in [2.45, 2.75) is 49.9 Å². The number of thioether (sulfide) groups is 1. The van der Waals surface area contributed by atoms with E-state index >= 15 is 0 Å². The molecule has 0 bridgehead atoms. The zero-order valence-electron chi connectivity index (χ0n) is 19.2. The number of para-hydroxylation sites is 1. The van der Waals surface area contributed by atoms with Gasteiger partial charge in [0, 0.05) is 36.5 Å². The van der Waals surface area contributed by atoms with Crippen LogP contribution in [0, 0.1) is 0 Å². The SMILES string of the molecule is CN1/C(=C\C(=O)CSc2nnc(-c3cccs3)n2CC2CCCO2)C(C)(C)c2ccccc21. The van der Waals surface area contributed by atoms with Gasteiger partial charge >= 0.3 is 0 Å². The van der Waals surface area contributed by atoms with E-state index in [1.165, 1.54) is 17.3 Å². The largest absolute Gasteiger partial charge is 0.376 e. The molecule has 6 nitrogen and oxygen atoms in total. The van der Waals surface area contributed by atoms with Gasteiger partial charge in [-0.15, -0.1) is 21.5 Å². The summed E-state index contributed by atoms with van der Waals surface area (Å²) in [5.74, 6) is 1.24. The van der Waals surface area contributed by atoms with Crippen molar-refractivity contribution in [3.8, 4) is 10.7 Å². The lowest BCUT2D eigenvalue weighted by molar-refractivity contribution is -0.112. The fourth-order valence-corrected chi connectivity index (χ4v) is 6.22. The fourth-order valence-electron chi connectivity index (χ4n) is 4.73. The van der Waals surface area contributed by atoms with Crippen LogP contribution in [0.2, 0.25) is 0 Å². The Morgan fingerprint density at radius 3 is 2.85 bits per heavy atom. The molecule has 5 rings (SSSR count). The maximum atomic E-state index is 13.0. The molecule has 4 heterocycles.